The smallest absolute Gasteiger partial charge is 0.378 e. The fourth-order valence-electron chi connectivity index (χ4n) is 2.97. The van der Waals surface area contributed by atoms with E-state index in [4.69, 9.17) is 9.47 Å². The summed E-state index contributed by atoms with van der Waals surface area (Å²) in [5, 5.41) is 8.05. The zero-order chi connectivity index (χ0) is 23.0. The highest BCUT2D eigenvalue weighted by atomic mass is 16.6. The minimum atomic E-state index is -0.897. The van der Waals surface area contributed by atoms with Gasteiger partial charge >= 0.3 is 11.9 Å². The van der Waals surface area contributed by atoms with Crippen molar-refractivity contribution in [3.63, 3.8) is 0 Å². The summed E-state index contributed by atoms with van der Waals surface area (Å²) in [7, 11) is 0. The molecule has 4 aromatic rings. The van der Waals surface area contributed by atoms with Crippen LogP contribution in [0.3, 0.4) is 0 Å². The third-order valence-electron chi connectivity index (χ3n) is 4.33. The summed E-state index contributed by atoms with van der Waals surface area (Å²) in [4.78, 5) is 52.7. The van der Waals surface area contributed by atoms with Crippen LogP contribution in [0.1, 0.15) is 44.0 Å². The molecule has 13 heteroatoms. The molecule has 0 unspecified atom stereocenters. The molecule has 0 aromatic carbocycles. The molecule has 0 spiro atoms. The van der Waals surface area contributed by atoms with Crippen molar-refractivity contribution in [2.24, 2.45) is 0 Å². The molecule has 0 atom stereocenters. The van der Waals surface area contributed by atoms with Crippen LogP contribution >= 0.6 is 0 Å². The molecule has 0 aliphatic carbocycles. The Morgan fingerprint density at radius 3 is 1.53 bits per heavy atom. The normalized spacial score (nSPS) is 11.1. The second-order valence-electron chi connectivity index (χ2n) is 7.06. The van der Waals surface area contributed by atoms with E-state index in [1.54, 1.807) is 39.8 Å². The van der Waals surface area contributed by atoms with E-state index in [0.717, 1.165) is 22.8 Å². The van der Waals surface area contributed by atoms with Crippen LogP contribution in [0.25, 0.3) is 11.6 Å². The highest BCUT2D eigenvalue weighted by Crippen LogP contribution is 2.07. The molecule has 4 heterocycles. The van der Waals surface area contributed by atoms with E-state index in [1.165, 1.54) is 9.03 Å². The van der Waals surface area contributed by atoms with Crippen LogP contribution in [0.2, 0.25) is 0 Å². The van der Waals surface area contributed by atoms with E-state index in [2.05, 4.69) is 30.1 Å². The molecule has 0 saturated carbocycles. The molecule has 0 radical (unpaired) electrons. The Balaban J connectivity index is 1.33. The van der Waals surface area contributed by atoms with E-state index in [1.807, 2.05) is 0 Å². The minimum Gasteiger partial charge on any atom is -0.452 e. The topological polar surface area (TPSA) is 156 Å². The first-order chi connectivity index (χ1) is 15.2. The Bertz CT molecular complexity index is 1290. The predicted octanol–water partition coefficient (Wildman–Crippen LogP) is 0.379. The lowest BCUT2D eigenvalue weighted by Gasteiger charge is -2.02. The summed E-state index contributed by atoms with van der Waals surface area (Å²) in [6, 6.07) is 3.57. The average Bonchev–Trinajstić information content (AvgIpc) is 3.35. The summed E-state index contributed by atoms with van der Waals surface area (Å²) in [5.74, 6) is -2.41. The van der Waals surface area contributed by atoms with Gasteiger partial charge in [-0.2, -0.15) is 9.97 Å². The standard InChI is InChI=1S/C19H18N8O5/c1-9-5-11(3)26-18(20-9)22-14(24-26)16(29)31-7-13(28)8-32-17(30)15-23-19-21-10(2)6-12(4)27(19)25-15/h5-6H,7-8H2,1-4H3. The van der Waals surface area contributed by atoms with Gasteiger partial charge in [0.15, 0.2) is 13.2 Å². The van der Waals surface area contributed by atoms with Gasteiger partial charge in [-0.05, 0) is 39.8 Å². The predicted molar refractivity (Wildman–Crippen MR) is 106 cm³/mol. The number of aromatic nitrogens is 8. The van der Waals surface area contributed by atoms with E-state index in [0.29, 0.717) is 0 Å². The lowest BCUT2D eigenvalue weighted by atomic mass is 10.4. The number of ketones is 1. The second-order valence-corrected chi connectivity index (χ2v) is 7.06. The zero-order valence-corrected chi connectivity index (χ0v) is 17.7. The monoisotopic (exact) mass is 438 g/mol. The van der Waals surface area contributed by atoms with Gasteiger partial charge in [0.05, 0.1) is 0 Å². The van der Waals surface area contributed by atoms with Gasteiger partial charge in [-0.15, -0.1) is 10.2 Å². The molecular weight excluding hydrogens is 420 g/mol. The van der Waals surface area contributed by atoms with Crippen LogP contribution < -0.4 is 0 Å². The number of Topliss-reactive ketones (excluding diaryl/α,β-unsaturated/α-hetero) is 1. The van der Waals surface area contributed by atoms with Crippen LogP contribution in [0.5, 0.6) is 0 Å². The van der Waals surface area contributed by atoms with E-state index in [-0.39, 0.29) is 23.2 Å². The lowest BCUT2D eigenvalue weighted by Crippen LogP contribution is -2.21. The molecule has 0 bridgehead atoms. The third-order valence-corrected chi connectivity index (χ3v) is 4.33. The Hall–Kier alpha value is -4.29. The first kappa shape index (κ1) is 21.0. The highest BCUT2D eigenvalue weighted by molar-refractivity contribution is 5.91. The van der Waals surface area contributed by atoms with Gasteiger partial charge < -0.3 is 9.47 Å². The number of carbonyl (C=O) groups is 3. The number of carbonyl (C=O) groups excluding carboxylic acids is 3. The number of nitrogens with zero attached hydrogens (tertiary/aromatic N) is 8. The average molecular weight is 438 g/mol. The molecule has 13 nitrogen and oxygen atoms in total. The molecule has 0 aliphatic heterocycles. The molecule has 0 N–H and O–H groups in total. The molecule has 4 rings (SSSR count). The summed E-state index contributed by atoms with van der Waals surface area (Å²) < 4.78 is 12.6. The maximum absolute atomic E-state index is 12.2. The van der Waals surface area contributed by atoms with E-state index >= 15 is 0 Å². The van der Waals surface area contributed by atoms with E-state index < -0.39 is 30.9 Å². The van der Waals surface area contributed by atoms with Gasteiger partial charge in [-0.25, -0.2) is 28.6 Å². The summed E-state index contributed by atoms with van der Waals surface area (Å²) >= 11 is 0. The number of ether oxygens (including phenoxy) is 2. The van der Waals surface area contributed by atoms with Crippen molar-refractivity contribution >= 4 is 29.3 Å². The Morgan fingerprint density at radius 2 is 1.12 bits per heavy atom. The van der Waals surface area contributed by atoms with Crippen molar-refractivity contribution in [1.82, 2.24) is 39.2 Å². The van der Waals surface area contributed by atoms with Crippen LogP contribution in [-0.4, -0.2) is 70.1 Å². The van der Waals surface area contributed by atoms with E-state index in [9.17, 15) is 14.4 Å². The first-order valence-electron chi connectivity index (χ1n) is 9.49. The van der Waals surface area contributed by atoms with Gasteiger partial charge in [-0.1, -0.05) is 0 Å². The number of hydrogen-bond donors (Lipinski definition) is 0. The van der Waals surface area contributed by atoms with Gasteiger partial charge in [0.1, 0.15) is 0 Å². The molecule has 0 saturated heterocycles. The van der Waals surface area contributed by atoms with Gasteiger partial charge in [0, 0.05) is 22.8 Å². The number of aryl methyl sites for hydroxylation is 4. The molecule has 0 fully saturated rings. The van der Waals surface area contributed by atoms with Crippen molar-refractivity contribution in [1.29, 1.82) is 0 Å². The lowest BCUT2D eigenvalue weighted by molar-refractivity contribution is -0.125. The number of esters is 2. The van der Waals surface area contributed by atoms with Crippen LogP contribution in [0.15, 0.2) is 12.1 Å². The van der Waals surface area contributed by atoms with Crippen molar-refractivity contribution < 1.29 is 23.9 Å². The summed E-state index contributed by atoms with van der Waals surface area (Å²) in [5.41, 5.74) is 2.92. The second kappa shape index (κ2) is 8.09. The van der Waals surface area contributed by atoms with Gasteiger partial charge in [0.2, 0.25) is 5.78 Å². The number of rotatable bonds is 6. The fraction of sp³-hybridized carbons (Fsp3) is 0.316. The highest BCUT2D eigenvalue weighted by Gasteiger charge is 2.20. The van der Waals surface area contributed by atoms with Crippen LogP contribution in [0, 0.1) is 27.7 Å². The Kier molecular flexibility index (Phi) is 5.30. The maximum Gasteiger partial charge on any atom is 0.378 e. The quantitative estimate of drug-likeness (QED) is 0.383. The van der Waals surface area contributed by atoms with Crippen molar-refractivity contribution in [2.45, 2.75) is 27.7 Å². The largest absolute Gasteiger partial charge is 0.452 e. The van der Waals surface area contributed by atoms with Gasteiger partial charge in [-0.3, -0.25) is 4.79 Å². The molecular formula is C19H18N8O5. The number of hydrogen-bond acceptors (Lipinski definition) is 11. The Labute approximate surface area is 180 Å². The van der Waals surface area contributed by atoms with Crippen molar-refractivity contribution in [3.8, 4) is 0 Å². The van der Waals surface area contributed by atoms with Gasteiger partial charge in [0.25, 0.3) is 23.2 Å². The maximum atomic E-state index is 12.2. The first-order valence-corrected chi connectivity index (χ1v) is 9.49. The fourth-order valence-corrected chi connectivity index (χ4v) is 2.97. The summed E-state index contributed by atoms with van der Waals surface area (Å²) in [6.45, 7) is 5.93. The van der Waals surface area contributed by atoms with Crippen LogP contribution in [0.4, 0.5) is 0 Å². The third kappa shape index (κ3) is 4.12. The zero-order valence-electron chi connectivity index (χ0n) is 17.7. The molecule has 4 aromatic heterocycles. The molecule has 0 aliphatic rings. The van der Waals surface area contributed by atoms with Crippen LogP contribution in [-0.2, 0) is 14.3 Å². The van der Waals surface area contributed by atoms with Crippen molar-refractivity contribution in [3.05, 3.63) is 46.6 Å². The molecule has 32 heavy (non-hydrogen) atoms. The van der Waals surface area contributed by atoms with Crippen molar-refractivity contribution in [2.75, 3.05) is 13.2 Å². The molecule has 0 amide bonds. The number of fused-ring (bicyclic) bond motifs is 2. The molecule has 164 valence electrons. The summed E-state index contributed by atoms with van der Waals surface area (Å²) in [6.07, 6.45) is 0. The Morgan fingerprint density at radius 1 is 0.719 bits per heavy atom. The minimum absolute atomic E-state index is 0.233. The SMILES string of the molecule is Cc1cc(C)n2nc(C(=O)OCC(=O)COC(=O)c3nc4nc(C)cc(C)n4n3)nc2n1.